The van der Waals surface area contributed by atoms with Crippen molar-refractivity contribution in [1.82, 2.24) is 5.32 Å². The number of carboxylic acids is 1. The lowest BCUT2D eigenvalue weighted by Crippen LogP contribution is -2.26. The molecule has 0 aliphatic rings. The zero-order valence-corrected chi connectivity index (χ0v) is 11.4. The first-order valence-electron chi connectivity index (χ1n) is 5.31. The molecule has 1 aromatic carbocycles. The predicted molar refractivity (Wildman–Crippen MR) is 72.7 cm³/mol. The summed E-state index contributed by atoms with van der Waals surface area (Å²) < 4.78 is 1.06. The molecule has 17 heavy (non-hydrogen) atoms. The van der Waals surface area contributed by atoms with Crippen molar-refractivity contribution in [2.24, 2.45) is 0 Å². The van der Waals surface area contributed by atoms with Crippen molar-refractivity contribution in [2.45, 2.75) is 19.3 Å². The van der Waals surface area contributed by atoms with Gasteiger partial charge in [-0.1, -0.05) is 18.2 Å². The van der Waals surface area contributed by atoms with E-state index in [-0.39, 0.29) is 12.3 Å². The first-order chi connectivity index (χ1) is 8.09. The molecular weight excluding hydrogens is 333 g/mol. The van der Waals surface area contributed by atoms with Crippen LogP contribution in [0.25, 0.3) is 0 Å². The summed E-state index contributed by atoms with van der Waals surface area (Å²) >= 11 is 2.19. The quantitative estimate of drug-likeness (QED) is 0.609. The van der Waals surface area contributed by atoms with Gasteiger partial charge in [-0.15, -0.1) is 0 Å². The summed E-state index contributed by atoms with van der Waals surface area (Å²) in [6, 6.07) is 7.69. The van der Waals surface area contributed by atoms with E-state index < -0.39 is 5.97 Å². The zero-order valence-electron chi connectivity index (χ0n) is 9.28. The number of carboxylic acid groups (broad SMARTS) is 1. The molecule has 0 aliphatic carbocycles. The Morgan fingerprint density at radius 1 is 1.29 bits per heavy atom. The first kappa shape index (κ1) is 14.0. The van der Waals surface area contributed by atoms with Crippen LogP contribution in [0.5, 0.6) is 0 Å². The molecule has 0 aliphatic heterocycles. The van der Waals surface area contributed by atoms with Crippen LogP contribution in [0.1, 0.15) is 18.4 Å². The van der Waals surface area contributed by atoms with E-state index in [4.69, 9.17) is 5.11 Å². The van der Waals surface area contributed by atoms with Crippen molar-refractivity contribution in [3.63, 3.8) is 0 Å². The maximum atomic E-state index is 11.5. The van der Waals surface area contributed by atoms with Crippen LogP contribution in [0.2, 0.25) is 0 Å². The van der Waals surface area contributed by atoms with Crippen LogP contribution >= 0.6 is 22.6 Å². The molecule has 1 aromatic rings. The number of nitrogens with one attached hydrogen (secondary N) is 1. The maximum absolute atomic E-state index is 11.5. The molecule has 2 N–H and O–H groups in total. The van der Waals surface area contributed by atoms with Gasteiger partial charge in [0.15, 0.2) is 0 Å². The summed E-state index contributed by atoms with van der Waals surface area (Å²) in [5.74, 6) is -0.906. The Kier molecular flexibility index (Phi) is 5.96. The third-order valence-corrected chi connectivity index (χ3v) is 3.25. The van der Waals surface area contributed by atoms with Gasteiger partial charge in [-0.05, 0) is 40.6 Å². The minimum Gasteiger partial charge on any atom is -0.481 e. The van der Waals surface area contributed by atoms with Gasteiger partial charge in [0.25, 0.3) is 0 Å². The van der Waals surface area contributed by atoms with E-state index in [2.05, 4.69) is 27.9 Å². The summed E-state index contributed by atoms with van der Waals surface area (Å²) in [5, 5.41) is 11.1. The van der Waals surface area contributed by atoms with Crippen molar-refractivity contribution in [1.29, 1.82) is 0 Å². The number of aliphatic carboxylic acids is 1. The second kappa shape index (κ2) is 7.26. The molecule has 1 rings (SSSR count). The Labute approximate surface area is 114 Å². The van der Waals surface area contributed by atoms with E-state index >= 15 is 0 Å². The van der Waals surface area contributed by atoms with Crippen molar-refractivity contribution in [3.8, 4) is 0 Å². The lowest BCUT2D eigenvalue weighted by molar-refractivity contribution is -0.137. The second-order valence-electron chi connectivity index (χ2n) is 3.62. The highest BCUT2D eigenvalue weighted by Gasteiger charge is 2.05. The van der Waals surface area contributed by atoms with Crippen LogP contribution in [0.3, 0.4) is 0 Å². The van der Waals surface area contributed by atoms with Gasteiger partial charge in [-0.25, -0.2) is 0 Å². The summed E-state index contributed by atoms with van der Waals surface area (Å²) in [7, 11) is 0. The van der Waals surface area contributed by atoms with E-state index in [9.17, 15) is 9.59 Å². The Balaban J connectivity index is 2.30. The number of amides is 1. The average Bonchev–Trinajstić information content (AvgIpc) is 2.27. The van der Waals surface area contributed by atoms with Gasteiger partial charge >= 0.3 is 5.97 Å². The summed E-state index contributed by atoms with van der Waals surface area (Å²) in [6.45, 7) is 0.411. The van der Waals surface area contributed by atoms with Crippen molar-refractivity contribution in [2.75, 3.05) is 6.54 Å². The molecule has 0 bridgehead atoms. The fourth-order valence-corrected chi connectivity index (χ4v) is 1.92. The molecule has 1 amide bonds. The molecule has 5 heteroatoms. The number of rotatable bonds is 6. The third kappa shape index (κ3) is 5.67. The largest absolute Gasteiger partial charge is 0.481 e. The Morgan fingerprint density at radius 3 is 2.65 bits per heavy atom. The average molecular weight is 347 g/mol. The van der Waals surface area contributed by atoms with Crippen LogP contribution in [-0.4, -0.2) is 23.5 Å². The van der Waals surface area contributed by atoms with Crippen LogP contribution in [0, 0.1) is 3.57 Å². The lowest BCUT2D eigenvalue weighted by Gasteiger charge is -2.05. The minimum atomic E-state index is -0.836. The van der Waals surface area contributed by atoms with E-state index in [1.54, 1.807) is 0 Å². The second-order valence-corrected chi connectivity index (χ2v) is 4.78. The molecule has 0 saturated heterocycles. The molecule has 0 spiro atoms. The van der Waals surface area contributed by atoms with Crippen LogP contribution in [0.15, 0.2) is 24.3 Å². The van der Waals surface area contributed by atoms with Gasteiger partial charge in [-0.3, -0.25) is 9.59 Å². The van der Waals surface area contributed by atoms with Crippen molar-refractivity contribution in [3.05, 3.63) is 33.4 Å². The Morgan fingerprint density at radius 2 is 2.00 bits per heavy atom. The SMILES string of the molecule is O=C(O)CCCNC(=O)Cc1ccccc1I. The smallest absolute Gasteiger partial charge is 0.303 e. The Bertz CT molecular complexity index is 406. The number of hydrogen-bond donors (Lipinski definition) is 2. The molecule has 4 nitrogen and oxygen atoms in total. The predicted octanol–water partition coefficient (Wildman–Crippen LogP) is 1.81. The van der Waals surface area contributed by atoms with Gasteiger partial charge in [0, 0.05) is 16.5 Å². The van der Waals surface area contributed by atoms with Crippen LogP contribution in [-0.2, 0) is 16.0 Å². The van der Waals surface area contributed by atoms with Crippen molar-refractivity contribution < 1.29 is 14.7 Å². The standard InChI is InChI=1S/C12H14INO3/c13-10-5-2-1-4-9(10)8-11(15)14-7-3-6-12(16)17/h1-2,4-5H,3,6-8H2,(H,14,15)(H,16,17). The van der Waals surface area contributed by atoms with E-state index in [0.29, 0.717) is 19.4 Å². The maximum Gasteiger partial charge on any atom is 0.303 e. The van der Waals surface area contributed by atoms with Gasteiger partial charge in [-0.2, -0.15) is 0 Å². The highest BCUT2D eigenvalue weighted by atomic mass is 127. The molecule has 92 valence electrons. The summed E-state index contributed by atoms with van der Waals surface area (Å²) in [6.07, 6.45) is 0.891. The summed E-state index contributed by atoms with van der Waals surface area (Å²) in [4.78, 5) is 21.8. The van der Waals surface area contributed by atoms with E-state index in [1.165, 1.54) is 0 Å². The topological polar surface area (TPSA) is 66.4 Å². The van der Waals surface area contributed by atoms with E-state index in [1.807, 2.05) is 24.3 Å². The molecular formula is C12H14INO3. The molecule has 0 aromatic heterocycles. The molecule has 0 unspecified atom stereocenters. The van der Waals surface area contributed by atoms with Gasteiger partial charge in [0.1, 0.15) is 0 Å². The normalized spacial score (nSPS) is 9.94. The van der Waals surface area contributed by atoms with Gasteiger partial charge in [0.05, 0.1) is 6.42 Å². The lowest BCUT2D eigenvalue weighted by atomic mass is 10.1. The van der Waals surface area contributed by atoms with Crippen LogP contribution in [0.4, 0.5) is 0 Å². The molecule has 0 heterocycles. The number of carbonyl (C=O) groups excluding carboxylic acids is 1. The van der Waals surface area contributed by atoms with Gasteiger partial charge in [0.2, 0.25) is 5.91 Å². The first-order valence-corrected chi connectivity index (χ1v) is 6.39. The number of hydrogen-bond acceptors (Lipinski definition) is 2. The molecule has 0 fully saturated rings. The van der Waals surface area contributed by atoms with Crippen molar-refractivity contribution >= 4 is 34.5 Å². The van der Waals surface area contributed by atoms with E-state index in [0.717, 1.165) is 9.13 Å². The van der Waals surface area contributed by atoms with Crippen LogP contribution < -0.4 is 5.32 Å². The fraction of sp³-hybridized carbons (Fsp3) is 0.333. The number of benzene rings is 1. The highest BCUT2D eigenvalue weighted by molar-refractivity contribution is 14.1. The monoisotopic (exact) mass is 347 g/mol. The summed E-state index contributed by atoms with van der Waals surface area (Å²) in [5.41, 5.74) is 0.990. The third-order valence-electron chi connectivity index (χ3n) is 2.20. The molecule has 0 atom stereocenters. The minimum absolute atomic E-state index is 0.0699. The number of carbonyl (C=O) groups is 2. The molecule has 0 radical (unpaired) electrons. The number of halogens is 1. The molecule has 0 saturated carbocycles. The van der Waals surface area contributed by atoms with Gasteiger partial charge < -0.3 is 10.4 Å². The zero-order chi connectivity index (χ0) is 12.7. The highest BCUT2D eigenvalue weighted by Crippen LogP contribution is 2.11. The Hall–Kier alpha value is -1.11. The fourth-order valence-electron chi connectivity index (χ4n) is 1.34.